The van der Waals surface area contributed by atoms with Crippen LogP contribution in [0.1, 0.15) is 25.5 Å². The predicted octanol–water partition coefficient (Wildman–Crippen LogP) is 2.28. The number of methoxy groups -OCH3 is 1. The van der Waals surface area contributed by atoms with Crippen molar-refractivity contribution in [2.45, 2.75) is 24.6 Å². The highest BCUT2D eigenvalue weighted by Crippen LogP contribution is 2.35. The van der Waals surface area contributed by atoms with E-state index in [0.29, 0.717) is 5.75 Å². The first-order valence-electron chi connectivity index (χ1n) is 5.40. The van der Waals surface area contributed by atoms with Crippen LogP contribution >= 0.6 is 15.9 Å². The monoisotopic (exact) mass is 335 g/mol. The first-order chi connectivity index (χ1) is 8.11. The number of rotatable bonds is 4. The van der Waals surface area contributed by atoms with E-state index in [-0.39, 0.29) is 0 Å². The molecule has 2 N–H and O–H groups in total. The lowest BCUT2D eigenvalue weighted by atomic mass is 9.96. The minimum atomic E-state index is -3.26. The van der Waals surface area contributed by atoms with E-state index in [4.69, 9.17) is 10.5 Å². The number of sulfone groups is 1. The Morgan fingerprint density at radius 1 is 1.39 bits per heavy atom. The highest BCUT2D eigenvalue weighted by Gasteiger charge is 2.38. The second-order valence-electron chi connectivity index (χ2n) is 4.74. The zero-order valence-corrected chi connectivity index (χ0v) is 13.3. The Kier molecular flexibility index (Phi) is 4.46. The average Bonchev–Trinajstić information content (AvgIpc) is 2.26. The molecule has 1 unspecified atom stereocenters. The standard InChI is InChI=1S/C12H18BrNO3S/c1-12(2,18(4,15)16)11(14)9-6-5-8(17-3)7-10(9)13/h5-7,11H,14H2,1-4H3. The SMILES string of the molecule is COc1ccc(C(N)C(C)(C)S(C)(=O)=O)c(Br)c1. The summed E-state index contributed by atoms with van der Waals surface area (Å²) in [5, 5.41) is 0. The van der Waals surface area contributed by atoms with Gasteiger partial charge in [-0.05, 0) is 31.5 Å². The van der Waals surface area contributed by atoms with E-state index in [2.05, 4.69) is 15.9 Å². The fourth-order valence-electron chi connectivity index (χ4n) is 1.49. The Labute approximate surface area is 117 Å². The van der Waals surface area contributed by atoms with Crippen LogP contribution in [0.3, 0.4) is 0 Å². The number of benzene rings is 1. The molecule has 0 aliphatic heterocycles. The fraction of sp³-hybridized carbons (Fsp3) is 0.500. The van der Waals surface area contributed by atoms with Gasteiger partial charge in [-0.1, -0.05) is 22.0 Å². The second kappa shape index (κ2) is 5.19. The van der Waals surface area contributed by atoms with Crippen LogP contribution in [0.4, 0.5) is 0 Å². The van der Waals surface area contributed by atoms with E-state index in [9.17, 15) is 8.42 Å². The number of halogens is 1. The van der Waals surface area contributed by atoms with Crippen LogP contribution in [0.2, 0.25) is 0 Å². The minimum absolute atomic E-state index is 0.618. The first-order valence-corrected chi connectivity index (χ1v) is 8.08. The van der Waals surface area contributed by atoms with Crippen molar-refractivity contribution < 1.29 is 13.2 Å². The van der Waals surface area contributed by atoms with Gasteiger partial charge in [-0.3, -0.25) is 0 Å². The summed E-state index contributed by atoms with van der Waals surface area (Å²) in [6, 6.07) is 4.69. The molecule has 1 rings (SSSR count). The molecule has 0 amide bonds. The van der Waals surface area contributed by atoms with Gasteiger partial charge in [0.05, 0.1) is 11.9 Å². The lowest BCUT2D eigenvalue weighted by Crippen LogP contribution is -2.42. The number of ether oxygens (including phenoxy) is 1. The molecule has 4 nitrogen and oxygen atoms in total. The van der Waals surface area contributed by atoms with Crippen LogP contribution in [0.5, 0.6) is 5.75 Å². The van der Waals surface area contributed by atoms with E-state index in [1.165, 1.54) is 6.26 Å². The van der Waals surface area contributed by atoms with Crippen molar-refractivity contribution in [1.29, 1.82) is 0 Å². The molecular weight excluding hydrogens is 318 g/mol. The molecule has 0 spiro atoms. The van der Waals surface area contributed by atoms with Gasteiger partial charge in [-0.2, -0.15) is 0 Å². The van der Waals surface area contributed by atoms with Crippen LogP contribution < -0.4 is 10.5 Å². The van der Waals surface area contributed by atoms with Crippen molar-refractivity contribution >= 4 is 25.8 Å². The fourth-order valence-corrected chi connectivity index (χ4v) is 2.68. The molecule has 0 heterocycles. The lowest BCUT2D eigenvalue weighted by molar-refractivity contribution is 0.414. The highest BCUT2D eigenvalue weighted by atomic mass is 79.9. The van der Waals surface area contributed by atoms with Crippen molar-refractivity contribution in [2.75, 3.05) is 13.4 Å². The van der Waals surface area contributed by atoms with Crippen molar-refractivity contribution in [3.05, 3.63) is 28.2 Å². The smallest absolute Gasteiger partial charge is 0.154 e. The second-order valence-corrected chi connectivity index (χ2v) is 8.19. The number of nitrogens with two attached hydrogens (primary N) is 1. The van der Waals surface area contributed by atoms with Crippen molar-refractivity contribution in [3.63, 3.8) is 0 Å². The zero-order chi connectivity index (χ0) is 14.1. The maximum Gasteiger partial charge on any atom is 0.154 e. The van der Waals surface area contributed by atoms with E-state index in [0.717, 1.165) is 10.0 Å². The summed E-state index contributed by atoms with van der Waals surface area (Å²) in [7, 11) is -1.69. The largest absolute Gasteiger partial charge is 0.497 e. The van der Waals surface area contributed by atoms with Gasteiger partial charge < -0.3 is 10.5 Å². The van der Waals surface area contributed by atoms with Crippen molar-refractivity contribution in [3.8, 4) is 5.75 Å². The molecule has 0 saturated carbocycles. The van der Waals surface area contributed by atoms with E-state index < -0.39 is 20.6 Å². The van der Waals surface area contributed by atoms with E-state index >= 15 is 0 Å². The van der Waals surface area contributed by atoms with Crippen LogP contribution in [0.25, 0.3) is 0 Å². The normalized spacial score (nSPS) is 14.3. The maximum absolute atomic E-state index is 11.8. The molecule has 0 aliphatic carbocycles. The van der Waals surface area contributed by atoms with Crippen molar-refractivity contribution in [1.82, 2.24) is 0 Å². The summed E-state index contributed by atoms with van der Waals surface area (Å²) >= 11 is 3.39. The molecule has 1 aromatic rings. The summed E-state index contributed by atoms with van der Waals surface area (Å²) in [5.41, 5.74) is 6.84. The lowest BCUT2D eigenvalue weighted by Gasteiger charge is -2.30. The van der Waals surface area contributed by atoms with Crippen LogP contribution in [-0.4, -0.2) is 26.5 Å². The van der Waals surface area contributed by atoms with Crippen LogP contribution in [-0.2, 0) is 9.84 Å². The quantitative estimate of drug-likeness (QED) is 0.916. The maximum atomic E-state index is 11.8. The average molecular weight is 336 g/mol. The molecule has 0 fully saturated rings. The van der Waals surface area contributed by atoms with Gasteiger partial charge in [0, 0.05) is 16.8 Å². The molecule has 1 aromatic carbocycles. The third kappa shape index (κ3) is 2.87. The predicted molar refractivity (Wildman–Crippen MR) is 76.5 cm³/mol. The highest BCUT2D eigenvalue weighted by molar-refractivity contribution is 9.10. The molecular formula is C12H18BrNO3S. The molecule has 1 atom stereocenters. The zero-order valence-electron chi connectivity index (χ0n) is 10.9. The third-order valence-corrected chi connectivity index (χ3v) is 6.10. The van der Waals surface area contributed by atoms with Gasteiger partial charge in [0.2, 0.25) is 0 Å². The Bertz CT molecular complexity index is 540. The van der Waals surface area contributed by atoms with Gasteiger partial charge in [0.1, 0.15) is 5.75 Å². The van der Waals surface area contributed by atoms with E-state index in [1.807, 2.05) is 0 Å². The first kappa shape index (κ1) is 15.5. The molecule has 0 radical (unpaired) electrons. The Balaban J connectivity index is 3.24. The van der Waals surface area contributed by atoms with Gasteiger partial charge in [-0.15, -0.1) is 0 Å². The molecule has 102 valence electrons. The minimum Gasteiger partial charge on any atom is -0.497 e. The Morgan fingerprint density at radius 2 is 1.94 bits per heavy atom. The summed E-state index contributed by atoms with van der Waals surface area (Å²) in [6.07, 6.45) is 1.20. The molecule has 0 aromatic heterocycles. The summed E-state index contributed by atoms with van der Waals surface area (Å²) < 4.78 is 28.4. The molecule has 6 heteroatoms. The molecule has 0 aliphatic rings. The van der Waals surface area contributed by atoms with Gasteiger partial charge in [0.15, 0.2) is 9.84 Å². The third-order valence-electron chi connectivity index (χ3n) is 3.25. The van der Waals surface area contributed by atoms with Gasteiger partial charge in [-0.25, -0.2) is 8.42 Å². The van der Waals surface area contributed by atoms with Crippen LogP contribution in [0.15, 0.2) is 22.7 Å². The topological polar surface area (TPSA) is 69.4 Å². The number of hydrogen-bond donors (Lipinski definition) is 1. The van der Waals surface area contributed by atoms with Gasteiger partial charge >= 0.3 is 0 Å². The van der Waals surface area contributed by atoms with Crippen LogP contribution in [0, 0.1) is 0 Å². The van der Waals surface area contributed by atoms with E-state index in [1.54, 1.807) is 39.2 Å². The molecule has 0 saturated heterocycles. The molecule has 0 bridgehead atoms. The number of hydrogen-bond acceptors (Lipinski definition) is 4. The Morgan fingerprint density at radius 3 is 2.33 bits per heavy atom. The Hall–Kier alpha value is -0.590. The summed E-state index contributed by atoms with van der Waals surface area (Å²) in [6.45, 7) is 3.26. The summed E-state index contributed by atoms with van der Waals surface area (Å²) in [5.74, 6) is 0.690. The molecule has 18 heavy (non-hydrogen) atoms. The van der Waals surface area contributed by atoms with Gasteiger partial charge in [0.25, 0.3) is 0 Å². The summed E-state index contributed by atoms with van der Waals surface area (Å²) in [4.78, 5) is 0. The van der Waals surface area contributed by atoms with Crippen molar-refractivity contribution in [2.24, 2.45) is 5.73 Å².